The highest BCUT2D eigenvalue weighted by Gasteiger charge is 2.16. The predicted octanol–water partition coefficient (Wildman–Crippen LogP) is 5.22. The van der Waals surface area contributed by atoms with Gasteiger partial charge in [-0.25, -0.2) is 4.39 Å². The van der Waals surface area contributed by atoms with Crippen LogP contribution >= 0.6 is 23.4 Å². The molecule has 0 aliphatic rings. The van der Waals surface area contributed by atoms with Crippen LogP contribution in [0.15, 0.2) is 30.3 Å². The maximum Gasteiger partial charge on any atom is 0.260 e. The number of halogens is 2. The summed E-state index contributed by atoms with van der Waals surface area (Å²) in [5.74, 6) is 1.39. The quantitative estimate of drug-likeness (QED) is 0.607. The number of hydrogen-bond acceptors (Lipinski definition) is 3. The van der Waals surface area contributed by atoms with Gasteiger partial charge in [-0.3, -0.25) is 4.79 Å². The Morgan fingerprint density at radius 2 is 2.04 bits per heavy atom. The molecule has 2 aromatic carbocycles. The molecule has 0 saturated carbocycles. The second-order valence-electron chi connectivity index (χ2n) is 6.51. The Labute approximate surface area is 169 Å². The third kappa shape index (κ3) is 6.15. The van der Waals surface area contributed by atoms with Crippen LogP contribution in [0.4, 0.5) is 4.39 Å². The molecule has 146 valence electrons. The second-order valence-corrected chi connectivity index (χ2v) is 8.02. The molecule has 0 aliphatic carbocycles. The minimum Gasteiger partial charge on any atom is -0.481 e. The van der Waals surface area contributed by atoms with E-state index in [0.717, 1.165) is 22.4 Å². The van der Waals surface area contributed by atoms with E-state index < -0.39 is 6.10 Å². The molecule has 1 atom stereocenters. The summed E-state index contributed by atoms with van der Waals surface area (Å²) in [5, 5.41) is 3.28. The van der Waals surface area contributed by atoms with Gasteiger partial charge in [0.25, 0.3) is 5.91 Å². The van der Waals surface area contributed by atoms with Crippen LogP contribution in [0.2, 0.25) is 5.02 Å². The number of carbonyl (C=O) groups excluding carboxylic acids is 1. The molecule has 0 aromatic heterocycles. The molecule has 0 unspecified atom stereocenters. The van der Waals surface area contributed by atoms with Crippen molar-refractivity contribution >= 4 is 29.3 Å². The van der Waals surface area contributed by atoms with Gasteiger partial charge in [0.15, 0.2) is 6.10 Å². The van der Waals surface area contributed by atoms with E-state index in [1.54, 1.807) is 19.1 Å². The lowest BCUT2D eigenvalue weighted by atomic mass is 10.1. The number of carbonyl (C=O) groups is 1. The molecule has 0 heterocycles. The van der Waals surface area contributed by atoms with Gasteiger partial charge in [0.1, 0.15) is 11.6 Å². The lowest BCUT2D eigenvalue weighted by molar-refractivity contribution is -0.127. The summed E-state index contributed by atoms with van der Waals surface area (Å²) >= 11 is 7.53. The molecule has 0 aliphatic heterocycles. The van der Waals surface area contributed by atoms with E-state index in [1.807, 2.05) is 26.8 Å². The molecular formula is C21H25ClFNO2S. The van der Waals surface area contributed by atoms with Crippen LogP contribution in [0.25, 0.3) is 0 Å². The average Bonchev–Trinajstić information content (AvgIpc) is 2.60. The number of rotatable bonds is 8. The monoisotopic (exact) mass is 409 g/mol. The fourth-order valence-electron chi connectivity index (χ4n) is 2.60. The number of thioether (sulfide) groups is 1. The van der Waals surface area contributed by atoms with Crippen molar-refractivity contribution in [2.75, 3.05) is 12.3 Å². The Morgan fingerprint density at radius 1 is 1.30 bits per heavy atom. The third-order valence-electron chi connectivity index (χ3n) is 4.29. The van der Waals surface area contributed by atoms with Crippen LogP contribution in [0, 0.1) is 26.6 Å². The first-order valence-corrected chi connectivity index (χ1v) is 10.4. The highest BCUT2D eigenvalue weighted by atomic mass is 35.5. The number of hydrogen-bond donors (Lipinski definition) is 1. The van der Waals surface area contributed by atoms with Crippen molar-refractivity contribution in [1.82, 2.24) is 5.32 Å². The number of benzene rings is 2. The average molecular weight is 410 g/mol. The summed E-state index contributed by atoms with van der Waals surface area (Å²) in [6, 6.07) is 8.70. The molecule has 3 nitrogen and oxygen atoms in total. The van der Waals surface area contributed by atoms with Gasteiger partial charge in [-0.15, -0.1) is 0 Å². The van der Waals surface area contributed by atoms with Crippen molar-refractivity contribution in [3.63, 3.8) is 0 Å². The second kappa shape index (κ2) is 10.00. The molecule has 0 saturated heterocycles. The predicted molar refractivity (Wildman–Crippen MR) is 111 cm³/mol. The van der Waals surface area contributed by atoms with Gasteiger partial charge < -0.3 is 10.1 Å². The van der Waals surface area contributed by atoms with Crippen LogP contribution in [0.1, 0.15) is 29.2 Å². The van der Waals surface area contributed by atoms with Crippen molar-refractivity contribution in [2.45, 2.75) is 39.6 Å². The number of ether oxygens (including phenoxy) is 1. The normalized spacial score (nSPS) is 11.9. The van der Waals surface area contributed by atoms with Gasteiger partial charge in [0, 0.05) is 28.6 Å². The lowest BCUT2D eigenvalue weighted by Gasteiger charge is -2.18. The van der Waals surface area contributed by atoms with Crippen LogP contribution in [0.5, 0.6) is 5.75 Å². The minimum absolute atomic E-state index is 0.168. The third-order valence-corrected chi connectivity index (χ3v) is 5.63. The van der Waals surface area contributed by atoms with E-state index in [1.165, 1.54) is 17.8 Å². The molecule has 0 bridgehead atoms. The van der Waals surface area contributed by atoms with E-state index in [9.17, 15) is 9.18 Å². The molecule has 0 spiro atoms. The molecule has 1 N–H and O–H groups in total. The van der Waals surface area contributed by atoms with Gasteiger partial charge >= 0.3 is 0 Å². The first kappa shape index (κ1) is 21.6. The van der Waals surface area contributed by atoms with Crippen molar-refractivity contribution in [2.24, 2.45) is 0 Å². The fraction of sp³-hybridized carbons (Fsp3) is 0.381. The van der Waals surface area contributed by atoms with Crippen molar-refractivity contribution in [3.05, 3.63) is 63.4 Å². The Bertz CT molecular complexity index is 793. The SMILES string of the molecule is Cc1cc(C)c(C)c(O[C@H](C)C(=O)NCCSCc2c(F)cccc2Cl)c1. The van der Waals surface area contributed by atoms with E-state index in [4.69, 9.17) is 16.3 Å². The van der Waals surface area contributed by atoms with Crippen molar-refractivity contribution in [1.29, 1.82) is 0 Å². The zero-order chi connectivity index (χ0) is 20.0. The summed E-state index contributed by atoms with van der Waals surface area (Å²) in [7, 11) is 0. The summed E-state index contributed by atoms with van der Waals surface area (Å²) in [6.07, 6.45) is -0.587. The molecule has 0 radical (unpaired) electrons. The maximum atomic E-state index is 13.7. The van der Waals surface area contributed by atoms with E-state index in [0.29, 0.717) is 28.6 Å². The van der Waals surface area contributed by atoms with E-state index in [-0.39, 0.29) is 11.7 Å². The van der Waals surface area contributed by atoms with Gasteiger partial charge in [0.2, 0.25) is 0 Å². The summed E-state index contributed by atoms with van der Waals surface area (Å²) in [6.45, 7) is 8.23. The minimum atomic E-state index is -0.587. The highest BCUT2D eigenvalue weighted by molar-refractivity contribution is 7.98. The molecule has 6 heteroatoms. The Kier molecular flexibility index (Phi) is 7.99. The first-order chi connectivity index (χ1) is 12.8. The van der Waals surface area contributed by atoms with Gasteiger partial charge in [-0.2, -0.15) is 11.8 Å². The molecule has 2 rings (SSSR count). The molecule has 27 heavy (non-hydrogen) atoms. The smallest absolute Gasteiger partial charge is 0.260 e. The zero-order valence-corrected chi connectivity index (χ0v) is 17.6. The zero-order valence-electron chi connectivity index (χ0n) is 16.1. The summed E-state index contributed by atoms with van der Waals surface area (Å²) < 4.78 is 19.5. The van der Waals surface area contributed by atoms with Crippen molar-refractivity contribution < 1.29 is 13.9 Å². The van der Waals surface area contributed by atoms with Crippen molar-refractivity contribution in [3.8, 4) is 5.75 Å². The van der Waals surface area contributed by atoms with Gasteiger partial charge in [0.05, 0.1) is 0 Å². The number of nitrogens with one attached hydrogen (secondary N) is 1. The molecule has 2 aromatic rings. The molecule has 0 fully saturated rings. The van der Waals surface area contributed by atoms with Gasteiger partial charge in [-0.05, 0) is 62.6 Å². The number of aryl methyl sites for hydroxylation is 2. The van der Waals surface area contributed by atoms with E-state index in [2.05, 4.69) is 11.4 Å². The van der Waals surface area contributed by atoms with Crippen LogP contribution in [-0.4, -0.2) is 24.3 Å². The first-order valence-electron chi connectivity index (χ1n) is 8.82. The topological polar surface area (TPSA) is 38.3 Å². The largest absolute Gasteiger partial charge is 0.481 e. The lowest BCUT2D eigenvalue weighted by Crippen LogP contribution is -2.37. The summed E-state index contributed by atoms with van der Waals surface area (Å²) in [5.41, 5.74) is 3.78. The van der Waals surface area contributed by atoms with Gasteiger partial charge in [-0.1, -0.05) is 23.7 Å². The molecular weight excluding hydrogens is 385 g/mol. The van der Waals surface area contributed by atoms with Crippen LogP contribution < -0.4 is 10.1 Å². The highest BCUT2D eigenvalue weighted by Crippen LogP contribution is 2.25. The Morgan fingerprint density at radius 3 is 2.74 bits per heavy atom. The standard InChI is InChI=1S/C21H25ClFNO2S/c1-13-10-14(2)15(3)20(11-13)26-16(4)21(25)24-8-9-27-12-17-18(22)6-5-7-19(17)23/h5-7,10-11,16H,8-9,12H2,1-4H3,(H,24,25)/t16-/m1/s1. The summed E-state index contributed by atoms with van der Waals surface area (Å²) in [4.78, 5) is 12.2. The van der Waals surface area contributed by atoms with Crippen LogP contribution in [-0.2, 0) is 10.5 Å². The maximum absolute atomic E-state index is 13.7. The van der Waals surface area contributed by atoms with E-state index >= 15 is 0 Å². The fourth-order valence-corrected chi connectivity index (χ4v) is 3.80. The Hall–Kier alpha value is -1.72. The number of amides is 1. The Balaban J connectivity index is 1.77. The molecule has 1 amide bonds. The van der Waals surface area contributed by atoms with Crippen LogP contribution in [0.3, 0.4) is 0 Å².